The number of esters is 2. The molecule has 3 aromatic rings. The summed E-state index contributed by atoms with van der Waals surface area (Å²) in [7, 11) is 5.41. The molecular formula is C31H33N3O5S2. The molecule has 3 N–H and O–H groups in total. The Morgan fingerprint density at radius 2 is 1.85 bits per heavy atom. The Balaban J connectivity index is 0.000000165. The Bertz CT molecular complexity index is 1560. The van der Waals surface area contributed by atoms with Crippen LogP contribution in [-0.4, -0.2) is 66.3 Å². The van der Waals surface area contributed by atoms with E-state index in [-0.39, 0.29) is 11.8 Å². The van der Waals surface area contributed by atoms with Crippen molar-refractivity contribution < 1.29 is 23.9 Å². The third-order valence-electron chi connectivity index (χ3n) is 7.41. The summed E-state index contributed by atoms with van der Waals surface area (Å²) in [5.74, 6) is -0.382. The first kappa shape index (κ1) is 29.0. The average molecular weight is 592 g/mol. The molecule has 0 fully saturated rings. The SMILES string of the molecule is CCOC(=O)c1ccc(C2=CCSS2)c(C(=O)OCC)c1.CN1C[C@H](C(N)=O)C=C2c3cccc4[nH]cc(c34)C[C@H]21. The lowest BCUT2D eigenvalue weighted by Crippen LogP contribution is -2.45. The minimum absolute atomic E-state index is 0.193. The molecule has 1 aromatic heterocycles. The molecule has 0 saturated carbocycles. The van der Waals surface area contributed by atoms with Crippen LogP contribution in [0.4, 0.5) is 0 Å². The largest absolute Gasteiger partial charge is 0.462 e. The fourth-order valence-corrected chi connectivity index (χ4v) is 7.72. The average Bonchev–Trinajstić information content (AvgIpc) is 3.65. The van der Waals surface area contributed by atoms with Gasteiger partial charge in [0.15, 0.2) is 0 Å². The Morgan fingerprint density at radius 1 is 1.07 bits per heavy atom. The number of aromatic nitrogens is 1. The van der Waals surface area contributed by atoms with Gasteiger partial charge in [0.25, 0.3) is 0 Å². The molecule has 214 valence electrons. The van der Waals surface area contributed by atoms with Crippen LogP contribution in [0.5, 0.6) is 0 Å². The van der Waals surface area contributed by atoms with Gasteiger partial charge in [-0.1, -0.05) is 51.9 Å². The van der Waals surface area contributed by atoms with Gasteiger partial charge in [-0.25, -0.2) is 9.59 Å². The van der Waals surface area contributed by atoms with Crippen LogP contribution in [0.25, 0.3) is 21.4 Å². The van der Waals surface area contributed by atoms with Gasteiger partial charge in [0, 0.05) is 45.9 Å². The van der Waals surface area contributed by atoms with E-state index in [0.29, 0.717) is 36.9 Å². The number of fused-ring (bicyclic) bond motifs is 2. The van der Waals surface area contributed by atoms with E-state index < -0.39 is 11.9 Å². The summed E-state index contributed by atoms with van der Waals surface area (Å²) in [6.45, 7) is 4.80. The maximum absolute atomic E-state index is 12.1. The zero-order valence-corrected chi connectivity index (χ0v) is 24.9. The first-order chi connectivity index (χ1) is 19.8. The van der Waals surface area contributed by atoms with Gasteiger partial charge in [0.05, 0.1) is 30.3 Å². The van der Waals surface area contributed by atoms with Crippen molar-refractivity contribution in [2.45, 2.75) is 26.3 Å². The summed E-state index contributed by atoms with van der Waals surface area (Å²) in [5.41, 5.74) is 12.1. The molecule has 0 unspecified atom stereocenters. The van der Waals surface area contributed by atoms with Crippen LogP contribution >= 0.6 is 21.6 Å². The van der Waals surface area contributed by atoms with E-state index in [1.165, 1.54) is 27.6 Å². The second-order valence-electron chi connectivity index (χ2n) is 9.97. The van der Waals surface area contributed by atoms with Gasteiger partial charge in [-0.05, 0) is 62.2 Å². The number of benzene rings is 2. The summed E-state index contributed by atoms with van der Waals surface area (Å²) in [6.07, 6.45) is 7.25. The Labute approximate surface area is 247 Å². The lowest BCUT2D eigenvalue weighted by atomic mass is 9.80. The summed E-state index contributed by atoms with van der Waals surface area (Å²) in [4.78, 5) is 42.1. The van der Waals surface area contributed by atoms with Crippen molar-refractivity contribution >= 4 is 60.8 Å². The van der Waals surface area contributed by atoms with Crippen molar-refractivity contribution in [1.29, 1.82) is 0 Å². The number of amides is 1. The monoisotopic (exact) mass is 591 g/mol. The molecule has 2 atom stereocenters. The van der Waals surface area contributed by atoms with Crippen molar-refractivity contribution in [3.63, 3.8) is 0 Å². The molecular weight excluding hydrogens is 558 g/mol. The van der Waals surface area contributed by atoms with E-state index >= 15 is 0 Å². The smallest absolute Gasteiger partial charge is 0.338 e. The quantitative estimate of drug-likeness (QED) is 0.293. The van der Waals surface area contributed by atoms with Gasteiger partial charge in [-0.15, -0.1) is 0 Å². The number of nitrogens with zero attached hydrogens (tertiary/aromatic N) is 1. The second kappa shape index (κ2) is 12.6. The molecule has 8 nitrogen and oxygen atoms in total. The predicted molar refractivity (Wildman–Crippen MR) is 165 cm³/mol. The minimum Gasteiger partial charge on any atom is -0.462 e. The molecule has 0 radical (unpaired) electrons. The fraction of sp³-hybridized carbons (Fsp3) is 0.323. The standard InChI is InChI=1S/C16H17N3O.C15H16O4S2/c1-19-8-10(16(17)20)5-12-11-3-2-4-13-15(11)9(7-18-13)6-14(12)19;1-3-18-14(16)10-5-6-11(13-7-8-20-21-13)12(9-10)15(17)19-4-2/h2-5,7,10,14,18H,6,8H2,1H3,(H2,17,20);5-7,9H,3-4,8H2,1-2H3/t10-,14-;/m1./s1. The van der Waals surface area contributed by atoms with Gasteiger partial charge >= 0.3 is 11.9 Å². The highest BCUT2D eigenvalue weighted by Gasteiger charge is 2.35. The minimum atomic E-state index is -0.433. The maximum Gasteiger partial charge on any atom is 0.338 e. The summed E-state index contributed by atoms with van der Waals surface area (Å²) in [5, 5.41) is 1.30. The number of rotatable bonds is 6. The van der Waals surface area contributed by atoms with E-state index in [0.717, 1.165) is 22.6 Å². The molecule has 41 heavy (non-hydrogen) atoms. The molecule has 0 saturated heterocycles. The van der Waals surface area contributed by atoms with Crippen molar-refractivity contribution in [3.8, 4) is 0 Å². The number of ether oxygens (including phenoxy) is 2. The number of carbonyl (C=O) groups excluding carboxylic acids is 3. The maximum atomic E-state index is 12.1. The van der Waals surface area contributed by atoms with E-state index in [1.54, 1.807) is 53.6 Å². The Kier molecular flexibility index (Phi) is 8.91. The second-order valence-corrected chi connectivity index (χ2v) is 12.4. The van der Waals surface area contributed by atoms with Gasteiger partial charge < -0.3 is 20.2 Å². The molecule has 3 heterocycles. The van der Waals surface area contributed by atoms with E-state index in [2.05, 4.69) is 53.5 Å². The highest BCUT2D eigenvalue weighted by Crippen LogP contribution is 2.44. The predicted octanol–water partition coefficient (Wildman–Crippen LogP) is 5.30. The number of hydrogen-bond donors (Lipinski definition) is 2. The highest BCUT2D eigenvalue weighted by atomic mass is 33.1. The topological polar surface area (TPSA) is 115 Å². The number of hydrogen-bond acceptors (Lipinski definition) is 8. The lowest BCUT2D eigenvalue weighted by molar-refractivity contribution is -0.121. The first-order valence-corrected chi connectivity index (χ1v) is 15.9. The molecule has 3 aliphatic rings. The summed E-state index contributed by atoms with van der Waals surface area (Å²) in [6, 6.07) is 11.7. The zero-order chi connectivity index (χ0) is 29.1. The van der Waals surface area contributed by atoms with Gasteiger partial charge in [0.2, 0.25) is 5.91 Å². The van der Waals surface area contributed by atoms with Crippen molar-refractivity contribution in [2.75, 3.05) is 32.6 Å². The van der Waals surface area contributed by atoms with Crippen LogP contribution in [0.2, 0.25) is 0 Å². The Hall–Kier alpha value is -3.47. The fourth-order valence-electron chi connectivity index (χ4n) is 5.50. The number of aromatic amines is 1. The van der Waals surface area contributed by atoms with Crippen LogP contribution in [0, 0.1) is 5.92 Å². The van der Waals surface area contributed by atoms with Crippen LogP contribution in [0.1, 0.15) is 51.3 Å². The highest BCUT2D eigenvalue weighted by molar-refractivity contribution is 8.80. The van der Waals surface area contributed by atoms with Crippen LogP contribution in [0.15, 0.2) is 54.7 Å². The van der Waals surface area contributed by atoms with Gasteiger partial charge in [0.1, 0.15) is 0 Å². The van der Waals surface area contributed by atoms with Gasteiger partial charge in [-0.2, -0.15) is 0 Å². The molecule has 0 spiro atoms. The lowest BCUT2D eigenvalue weighted by Gasteiger charge is -2.39. The molecule has 0 bridgehead atoms. The molecule has 10 heteroatoms. The van der Waals surface area contributed by atoms with Crippen LogP contribution in [0.3, 0.4) is 0 Å². The zero-order valence-electron chi connectivity index (χ0n) is 23.3. The molecule has 2 aromatic carbocycles. The van der Waals surface area contributed by atoms with E-state index in [1.807, 2.05) is 0 Å². The summed E-state index contributed by atoms with van der Waals surface area (Å²) >= 11 is 0. The number of carbonyl (C=O) groups is 3. The van der Waals surface area contributed by atoms with Crippen molar-refractivity contribution in [1.82, 2.24) is 9.88 Å². The molecule has 6 rings (SSSR count). The third-order valence-corrected chi connectivity index (χ3v) is 9.70. The number of nitrogens with two attached hydrogens (primary N) is 1. The van der Waals surface area contributed by atoms with Crippen LogP contribution < -0.4 is 5.73 Å². The van der Waals surface area contributed by atoms with Crippen LogP contribution in [-0.2, 0) is 20.7 Å². The van der Waals surface area contributed by atoms with E-state index in [9.17, 15) is 14.4 Å². The molecule has 2 aliphatic heterocycles. The number of nitrogens with one attached hydrogen (secondary N) is 1. The van der Waals surface area contributed by atoms with Crippen molar-refractivity contribution in [2.24, 2.45) is 11.7 Å². The number of H-pyrrole nitrogens is 1. The van der Waals surface area contributed by atoms with E-state index in [4.69, 9.17) is 15.2 Å². The number of likely N-dealkylation sites (N-methyl/N-ethyl adjacent to an activating group) is 1. The third kappa shape index (κ3) is 5.95. The number of primary amides is 1. The molecule has 1 amide bonds. The van der Waals surface area contributed by atoms with Gasteiger partial charge in [-0.3, -0.25) is 9.69 Å². The summed E-state index contributed by atoms with van der Waals surface area (Å²) < 4.78 is 10.1. The Morgan fingerprint density at radius 3 is 2.56 bits per heavy atom. The molecule has 1 aliphatic carbocycles. The normalized spacial score (nSPS) is 19.4. The van der Waals surface area contributed by atoms with Crippen molar-refractivity contribution in [3.05, 3.63) is 82.6 Å². The first-order valence-electron chi connectivity index (χ1n) is 13.6.